The number of aryl methyl sites for hydroxylation is 2. The van der Waals surface area contributed by atoms with Crippen LogP contribution in [0.5, 0.6) is 5.75 Å². The van der Waals surface area contributed by atoms with Gasteiger partial charge < -0.3 is 19.5 Å². The number of aliphatic hydroxyl groups excluding tert-OH is 1. The largest absolute Gasteiger partial charge is 0.507 e. The summed E-state index contributed by atoms with van der Waals surface area (Å²) < 4.78 is 11.0. The zero-order valence-corrected chi connectivity index (χ0v) is 20.8. The lowest BCUT2D eigenvalue weighted by molar-refractivity contribution is -0.140. The number of hydrogen-bond donors (Lipinski definition) is 1. The molecule has 0 unspecified atom stereocenters. The number of nitrogens with zero attached hydrogens (tertiary/aromatic N) is 2. The number of ketones is 1. The fourth-order valence-electron chi connectivity index (χ4n) is 4.77. The van der Waals surface area contributed by atoms with Gasteiger partial charge in [0, 0.05) is 31.7 Å². The number of rotatable bonds is 8. The molecule has 4 rings (SSSR count). The summed E-state index contributed by atoms with van der Waals surface area (Å²) in [7, 11) is 0. The van der Waals surface area contributed by atoms with E-state index in [1.807, 2.05) is 45.0 Å². The number of amides is 1. The van der Waals surface area contributed by atoms with E-state index in [-0.39, 0.29) is 11.3 Å². The molecule has 0 spiro atoms. The first kappa shape index (κ1) is 24.9. The van der Waals surface area contributed by atoms with Crippen LogP contribution in [0.3, 0.4) is 0 Å². The molecule has 35 heavy (non-hydrogen) atoms. The summed E-state index contributed by atoms with van der Waals surface area (Å²) >= 11 is 0. The number of carbonyl (C=O) groups excluding carboxylic acids is 2. The van der Waals surface area contributed by atoms with Crippen molar-refractivity contribution >= 4 is 17.4 Å². The Hall–Kier alpha value is -3.16. The van der Waals surface area contributed by atoms with E-state index in [0.717, 1.165) is 61.7 Å². The minimum Gasteiger partial charge on any atom is -0.507 e. The third kappa shape index (κ3) is 5.41. The van der Waals surface area contributed by atoms with Gasteiger partial charge in [-0.1, -0.05) is 29.8 Å². The molecule has 2 saturated heterocycles. The third-order valence-corrected chi connectivity index (χ3v) is 6.66. The summed E-state index contributed by atoms with van der Waals surface area (Å²) in [4.78, 5) is 30.3. The van der Waals surface area contributed by atoms with Crippen molar-refractivity contribution in [3.63, 3.8) is 0 Å². The van der Waals surface area contributed by atoms with Gasteiger partial charge in [-0.3, -0.25) is 14.5 Å². The van der Waals surface area contributed by atoms with E-state index < -0.39 is 17.7 Å². The van der Waals surface area contributed by atoms with E-state index in [9.17, 15) is 14.7 Å². The van der Waals surface area contributed by atoms with Crippen LogP contribution < -0.4 is 4.74 Å². The molecule has 1 N–H and O–H groups in total. The highest BCUT2D eigenvalue weighted by molar-refractivity contribution is 6.46. The molecule has 0 saturated carbocycles. The SMILES string of the molecule is CCOc1ccc(C(O)=C2C(=O)C(=O)N(CCCN3CCOCC3)[C@@H]2c2ccc(C)cc2)cc1C. The molecule has 0 bridgehead atoms. The van der Waals surface area contributed by atoms with Crippen molar-refractivity contribution in [1.82, 2.24) is 9.80 Å². The van der Waals surface area contributed by atoms with Crippen LogP contribution in [0.25, 0.3) is 5.76 Å². The van der Waals surface area contributed by atoms with Crippen molar-refractivity contribution in [2.45, 2.75) is 33.2 Å². The van der Waals surface area contributed by atoms with Crippen molar-refractivity contribution in [3.05, 3.63) is 70.3 Å². The summed E-state index contributed by atoms with van der Waals surface area (Å²) in [6.07, 6.45) is 0.734. The Bertz CT molecular complexity index is 1100. The van der Waals surface area contributed by atoms with Gasteiger partial charge in [0.25, 0.3) is 11.7 Å². The van der Waals surface area contributed by atoms with Crippen LogP contribution in [0.2, 0.25) is 0 Å². The summed E-state index contributed by atoms with van der Waals surface area (Å²) in [6, 6.07) is 12.5. The normalized spacial score (nSPS) is 20.4. The summed E-state index contributed by atoms with van der Waals surface area (Å²) in [5.41, 5.74) is 3.37. The molecule has 0 radical (unpaired) electrons. The standard InChI is InChI=1S/C28H34N2O5/c1-4-35-23-11-10-22(18-20(23)3)26(31)24-25(21-8-6-19(2)7-9-21)30(28(33)27(24)32)13-5-12-29-14-16-34-17-15-29/h6-11,18,25,31H,4-5,12-17H2,1-3H3/t25-/m1/s1. The topological polar surface area (TPSA) is 79.3 Å². The van der Waals surface area contributed by atoms with Crippen molar-refractivity contribution in [2.75, 3.05) is 46.0 Å². The van der Waals surface area contributed by atoms with Crippen LogP contribution in [-0.2, 0) is 14.3 Å². The molecule has 1 amide bonds. The zero-order valence-electron chi connectivity index (χ0n) is 20.8. The van der Waals surface area contributed by atoms with Gasteiger partial charge in [-0.15, -0.1) is 0 Å². The molecule has 7 nitrogen and oxygen atoms in total. The molecular formula is C28H34N2O5. The second-order valence-corrected chi connectivity index (χ2v) is 9.12. The Morgan fingerprint density at radius 2 is 1.77 bits per heavy atom. The minimum atomic E-state index is -0.647. The molecule has 1 atom stereocenters. The quantitative estimate of drug-likeness (QED) is 0.353. The Kier molecular flexibility index (Phi) is 7.88. The van der Waals surface area contributed by atoms with Crippen molar-refractivity contribution in [3.8, 4) is 5.75 Å². The van der Waals surface area contributed by atoms with E-state index in [1.54, 1.807) is 23.1 Å². The van der Waals surface area contributed by atoms with E-state index in [0.29, 0.717) is 18.7 Å². The highest BCUT2D eigenvalue weighted by Gasteiger charge is 2.45. The summed E-state index contributed by atoms with van der Waals surface area (Å²) in [5, 5.41) is 11.3. The maximum atomic E-state index is 13.2. The molecule has 2 aromatic rings. The molecule has 2 fully saturated rings. The molecule has 0 aliphatic carbocycles. The Labute approximate surface area is 206 Å². The minimum absolute atomic E-state index is 0.133. The lowest BCUT2D eigenvalue weighted by Gasteiger charge is -2.29. The van der Waals surface area contributed by atoms with Crippen LogP contribution in [0.4, 0.5) is 0 Å². The number of aliphatic hydroxyl groups is 1. The van der Waals surface area contributed by atoms with Gasteiger partial charge in [-0.25, -0.2) is 0 Å². The van der Waals surface area contributed by atoms with Gasteiger partial charge in [-0.05, 0) is 56.5 Å². The molecule has 2 aliphatic heterocycles. The van der Waals surface area contributed by atoms with Crippen LogP contribution in [-0.4, -0.2) is 72.6 Å². The van der Waals surface area contributed by atoms with E-state index in [1.165, 1.54) is 0 Å². The second-order valence-electron chi connectivity index (χ2n) is 9.12. The molecule has 2 aliphatic rings. The monoisotopic (exact) mass is 478 g/mol. The highest BCUT2D eigenvalue weighted by atomic mass is 16.5. The molecule has 7 heteroatoms. The highest BCUT2D eigenvalue weighted by Crippen LogP contribution is 2.40. The first-order chi connectivity index (χ1) is 16.9. The predicted molar refractivity (Wildman–Crippen MR) is 134 cm³/mol. The number of morpholine rings is 1. The second kappa shape index (κ2) is 11.1. The Morgan fingerprint density at radius 3 is 2.43 bits per heavy atom. The van der Waals surface area contributed by atoms with Crippen molar-refractivity contribution in [1.29, 1.82) is 0 Å². The van der Waals surface area contributed by atoms with Gasteiger partial charge in [0.15, 0.2) is 0 Å². The zero-order chi connectivity index (χ0) is 24.9. The average molecular weight is 479 g/mol. The molecule has 2 heterocycles. The van der Waals surface area contributed by atoms with Gasteiger partial charge >= 0.3 is 0 Å². The van der Waals surface area contributed by atoms with Crippen LogP contribution >= 0.6 is 0 Å². The number of hydrogen-bond acceptors (Lipinski definition) is 6. The molecule has 0 aromatic heterocycles. The number of likely N-dealkylation sites (tertiary alicyclic amines) is 1. The van der Waals surface area contributed by atoms with Crippen LogP contribution in [0, 0.1) is 13.8 Å². The van der Waals surface area contributed by atoms with E-state index in [2.05, 4.69) is 4.90 Å². The Morgan fingerprint density at radius 1 is 1.06 bits per heavy atom. The van der Waals surface area contributed by atoms with Crippen molar-refractivity contribution < 1.29 is 24.2 Å². The van der Waals surface area contributed by atoms with Crippen molar-refractivity contribution in [2.24, 2.45) is 0 Å². The predicted octanol–water partition coefficient (Wildman–Crippen LogP) is 3.85. The number of carbonyl (C=O) groups is 2. The number of benzene rings is 2. The summed E-state index contributed by atoms with van der Waals surface area (Å²) in [5.74, 6) is -0.647. The molecular weight excluding hydrogens is 444 g/mol. The smallest absolute Gasteiger partial charge is 0.295 e. The first-order valence-corrected chi connectivity index (χ1v) is 12.3. The lowest BCUT2D eigenvalue weighted by Crippen LogP contribution is -2.38. The maximum Gasteiger partial charge on any atom is 0.295 e. The fourth-order valence-corrected chi connectivity index (χ4v) is 4.77. The number of Topliss-reactive ketones (excluding diaryl/α,β-unsaturated/α-hetero) is 1. The molecule has 186 valence electrons. The Balaban J connectivity index is 1.67. The van der Waals surface area contributed by atoms with Gasteiger partial charge in [0.1, 0.15) is 11.5 Å². The van der Waals surface area contributed by atoms with Gasteiger partial charge in [0.05, 0.1) is 31.4 Å². The van der Waals surface area contributed by atoms with E-state index in [4.69, 9.17) is 9.47 Å². The lowest BCUT2D eigenvalue weighted by atomic mass is 9.94. The van der Waals surface area contributed by atoms with Crippen LogP contribution in [0.1, 0.15) is 41.6 Å². The third-order valence-electron chi connectivity index (χ3n) is 6.66. The summed E-state index contributed by atoms with van der Waals surface area (Å²) in [6.45, 7) is 10.8. The maximum absolute atomic E-state index is 13.2. The van der Waals surface area contributed by atoms with E-state index >= 15 is 0 Å². The average Bonchev–Trinajstić information content (AvgIpc) is 3.11. The molecule has 2 aromatic carbocycles. The van der Waals surface area contributed by atoms with Gasteiger partial charge in [-0.2, -0.15) is 0 Å². The number of ether oxygens (including phenoxy) is 2. The van der Waals surface area contributed by atoms with Crippen LogP contribution in [0.15, 0.2) is 48.0 Å². The van der Waals surface area contributed by atoms with Gasteiger partial charge in [0.2, 0.25) is 0 Å². The fraction of sp³-hybridized carbons (Fsp3) is 0.429. The first-order valence-electron chi connectivity index (χ1n) is 12.3.